The van der Waals surface area contributed by atoms with Crippen LogP contribution in [0.5, 0.6) is 5.75 Å². The lowest BCUT2D eigenvalue weighted by atomic mass is 10.1. The van der Waals surface area contributed by atoms with Crippen LogP contribution in [0.3, 0.4) is 0 Å². The van der Waals surface area contributed by atoms with Crippen LogP contribution in [0.25, 0.3) is 0 Å². The number of carboxylic acids is 1. The number of rotatable bonds is 5. The van der Waals surface area contributed by atoms with Crippen molar-refractivity contribution in [3.8, 4) is 5.75 Å². The lowest BCUT2D eigenvalue weighted by Crippen LogP contribution is -2.10. The minimum Gasteiger partial charge on any atom is -0.492 e. The van der Waals surface area contributed by atoms with Gasteiger partial charge in [-0.3, -0.25) is 10.1 Å². The average molecular weight is 239 g/mol. The first-order valence-electron chi connectivity index (χ1n) is 5.07. The number of hydrogen-bond acceptors (Lipinski definition) is 4. The highest BCUT2D eigenvalue weighted by molar-refractivity contribution is 5.95. The zero-order valence-corrected chi connectivity index (χ0v) is 9.54. The number of nitrogens with zero attached hydrogens (tertiary/aromatic N) is 1. The lowest BCUT2D eigenvalue weighted by molar-refractivity contribution is -0.385. The molecule has 0 saturated heterocycles. The fourth-order valence-corrected chi connectivity index (χ4v) is 1.26. The molecule has 0 amide bonds. The molecule has 0 unspecified atom stereocenters. The molecule has 0 aliphatic carbocycles. The predicted molar refractivity (Wildman–Crippen MR) is 60.4 cm³/mol. The van der Waals surface area contributed by atoms with Gasteiger partial charge in [-0.25, -0.2) is 4.79 Å². The highest BCUT2D eigenvalue weighted by atomic mass is 16.6. The standard InChI is InChI=1S/C11H13NO5/c1-7(2)6-17-9-5-3-4-8(12(15)16)10(9)11(13)14/h3-5,7H,6H2,1-2H3,(H,13,14). The first-order chi connectivity index (χ1) is 7.93. The highest BCUT2D eigenvalue weighted by Gasteiger charge is 2.24. The van der Waals surface area contributed by atoms with E-state index in [0.29, 0.717) is 6.61 Å². The maximum absolute atomic E-state index is 11.0. The van der Waals surface area contributed by atoms with Gasteiger partial charge >= 0.3 is 5.97 Å². The second-order valence-electron chi connectivity index (χ2n) is 3.92. The Hall–Kier alpha value is -2.11. The maximum Gasteiger partial charge on any atom is 0.346 e. The zero-order chi connectivity index (χ0) is 13.0. The van der Waals surface area contributed by atoms with Crippen molar-refractivity contribution in [2.45, 2.75) is 13.8 Å². The Labute approximate surface area is 98.0 Å². The van der Waals surface area contributed by atoms with Crippen LogP contribution in [0.4, 0.5) is 5.69 Å². The molecule has 0 saturated carbocycles. The predicted octanol–water partition coefficient (Wildman–Crippen LogP) is 2.33. The third kappa shape index (κ3) is 3.17. The van der Waals surface area contributed by atoms with E-state index in [9.17, 15) is 14.9 Å². The number of ether oxygens (including phenoxy) is 1. The van der Waals surface area contributed by atoms with E-state index >= 15 is 0 Å². The SMILES string of the molecule is CC(C)COc1cccc([N+](=O)[O-])c1C(=O)O. The number of benzene rings is 1. The Balaban J connectivity index is 3.16. The van der Waals surface area contributed by atoms with E-state index in [1.165, 1.54) is 12.1 Å². The minimum atomic E-state index is -1.36. The van der Waals surface area contributed by atoms with Gasteiger partial charge in [-0.05, 0) is 12.0 Å². The van der Waals surface area contributed by atoms with E-state index in [2.05, 4.69) is 0 Å². The van der Waals surface area contributed by atoms with Crippen LogP contribution in [0.1, 0.15) is 24.2 Å². The monoisotopic (exact) mass is 239 g/mol. The Bertz CT molecular complexity index is 441. The summed E-state index contributed by atoms with van der Waals surface area (Å²) in [7, 11) is 0. The molecule has 0 radical (unpaired) electrons. The van der Waals surface area contributed by atoms with E-state index in [1.54, 1.807) is 0 Å². The maximum atomic E-state index is 11.0. The molecule has 92 valence electrons. The molecule has 1 aromatic carbocycles. The summed E-state index contributed by atoms with van der Waals surface area (Å²) >= 11 is 0. The summed E-state index contributed by atoms with van der Waals surface area (Å²) < 4.78 is 5.27. The second-order valence-corrected chi connectivity index (χ2v) is 3.92. The Morgan fingerprint density at radius 1 is 1.53 bits per heavy atom. The molecule has 1 aromatic rings. The first-order valence-corrected chi connectivity index (χ1v) is 5.07. The molecule has 0 bridgehead atoms. The summed E-state index contributed by atoms with van der Waals surface area (Å²) in [5, 5.41) is 19.7. The number of nitro benzene ring substituents is 1. The quantitative estimate of drug-likeness (QED) is 0.629. The number of aromatic carboxylic acids is 1. The molecule has 1 N–H and O–H groups in total. The van der Waals surface area contributed by atoms with Crippen LogP contribution in [-0.4, -0.2) is 22.6 Å². The molecule has 0 aromatic heterocycles. The van der Waals surface area contributed by atoms with Crippen molar-refractivity contribution in [3.05, 3.63) is 33.9 Å². The Kier molecular flexibility index (Phi) is 4.03. The fraction of sp³-hybridized carbons (Fsp3) is 0.364. The van der Waals surface area contributed by atoms with Crippen LogP contribution >= 0.6 is 0 Å². The molecule has 0 atom stereocenters. The fourth-order valence-electron chi connectivity index (χ4n) is 1.26. The van der Waals surface area contributed by atoms with Crippen LogP contribution in [0, 0.1) is 16.0 Å². The second kappa shape index (κ2) is 5.29. The molecule has 0 fully saturated rings. The van der Waals surface area contributed by atoms with Crippen LogP contribution in [0.2, 0.25) is 0 Å². The summed E-state index contributed by atoms with van der Waals surface area (Å²) in [5.41, 5.74) is -0.864. The summed E-state index contributed by atoms with van der Waals surface area (Å²) in [6, 6.07) is 3.96. The summed E-state index contributed by atoms with van der Waals surface area (Å²) in [5.74, 6) is -1.13. The van der Waals surface area contributed by atoms with E-state index in [1.807, 2.05) is 13.8 Å². The Morgan fingerprint density at radius 3 is 2.65 bits per heavy atom. The molecule has 6 nitrogen and oxygen atoms in total. The third-order valence-electron chi connectivity index (χ3n) is 1.99. The van der Waals surface area contributed by atoms with Gasteiger partial charge in [-0.15, -0.1) is 0 Å². The molecule has 0 spiro atoms. The minimum absolute atomic E-state index is 0.0281. The zero-order valence-electron chi connectivity index (χ0n) is 9.54. The molecule has 6 heteroatoms. The summed E-state index contributed by atoms with van der Waals surface area (Å²) in [6.45, 7) is 4.11. The summed E-state index contributed by atoms with van der Waals surface area (Å²) in [4.78, 5) is 21.0. The van der Waals surface area contributed by atoms with Crippen molar-refractivity contribution in [1.82, 2.24) is 0 Å². The lowest BCUT2D eigenvalue weighted by Gasteiger charge is -2.10. The third-order valence-corrected chi connectivity index (χ3v) is 1.99. The van der Waals surface area contributed by atoms with Crippen molar-refractivity contribution in [2.75, 3.05) is 6.61 Å². The largest absolute Gasteiger partial charge is 0.492 e. The van der Waals surface area contributed by atoms with Gasteiger partial charge in [-0.2, -0.15) is 0 Å². The van der Waals surface area contributed by atoms with Gasteiger partial charge in [0, 0.05) is 6.07 Å². The normalized spacial score (nSPS) is 10.3. The van der Waals surface area contributed by atoms with Gasteiger partial charge in [0.25, 0.3) is 5.69 Å². The van der Waals surface area contributed by atoms with Crippen LogP contribution in [-0.2, 0) is 0 Å². The van der Waals surface area contributed by atoms with Gasteiger partial charge in [0.05, 0.1) is 11.5 Å². The first kappa shape index (κ1) is 13.0. The molecule has 1 rings (SSSR count). The molecule has 0 heterocycles. The summed E-state index contributed by atoms with van der Waals surface area (Å²) in [6.07, 6.45) is 0. The number of carbonyl (C=O) groups is 1. The van der Waals surface area contributed by atoms with E-state index in [0.717, 1.165) is 6.07 Å². The van der Waals surface area contributed by atoms with E-state index in [4.69, 9.17) is 9.84 Å². The van der Waals surface area contributed by atoms with Crippen molar-refractivity contribution in [2.24, 2.45) is 5.92 Å². The molecular formula is C11H13NO5. The van der Waals surface area contributed by atoms with Crippen molar-refractivity contribution in [1.29, 1.82) is 0 Å². The Morgan fingerprint density at radius 2 is 2.18 bits per heavy atom. The van der Waals surface area contributed by atoms with Crippen molar-refractivity contribution in [3.63, 3.8) is 0 Å². The van der Waals surface area contributed by atoms with Crippen molar-refractivity contribution < 1.29 is 19.6 Å². The molecule has 0 aliphatic rings. The van der Waals surface area contributed by atoms with Crippen molar-refractivity contribution >= 4 is 11.7 Å². The van der Waals surface area contributed by atoms with Gasteiger partial charge < -0.3 is 9.84 Å². The van der Waals surface area contributed by atoms with E-state index in [-0.39, 0.29) is 11.7 Å². The topological polar surface area (TPSA) is 89.7 Å². The number of hydrogen-bond donors (Lipinski definition) is 1. The molecular weight excluding hydrogens is 226 g/mol. The highest BCUT2D eigenvalue weighted by Crippen LogP contribution is 2.28. The number of carboxylic acid groups (broad SMARTS) is 1. The van der Waals surface area contributed by atoms with Crippen LogP contribution in [0.15, 0.2) is 18.2 Å². The molecule has 0 aliphatic heterocycles. The number of nitro groups is 1. The van der Waals surface area contributed by atoms with Crippen LogP contribution < -0.4 is 4.74 Å². The van der Waals surface area contributed by atoms with Gasteiger partial charge in [0.2, 0.25) is 0 Å². The molecule has 17 heavy (non-hydrogen) atoms. The smallest absolute Gasteiger partial charge is 0.346 e. The van der Waals surface area contributed by atoms with Gasteiger partial charge in [-0.1, -0.05) is 19.9 Å². The van der Waals surface area contributed by atoms with Gasteiger partial charge in [0.1, 0.15) is 5.75 Å². The van der Waals surface area contributed by atoms with Gasteiger partial charge in [0.15, 0.2) is 5.56 Å². The average Bonchev–Trinajstić information content (AvgIpc) is 2.25. The van der Waals surface area contributed by atoms with E-state index < -0.39 is 22.1 Å².